The first-order valence-electron chi connectivity index (χ1n) is 14.0. The number of hydrogen-bond donors (Lipinski definition) is 1. The number of ketones is 3. The summed E-state index contributed by atoms with van der Waals surface area (Å²) in [5.74, 6) is -2.52. The van der Waals surface area contributed by atoms with Crippen molar-refractivity contribution in [1.82, 2.24) is 0 Å². The number of fused-ring (bicyclic) bond motifs is 2. The predicted octanol–water partition coefficient (Wildman–Crippen LogP) is 7.97. The van der Waals surface area contributed by atoms with Gasteiger partial charge in [0.2, 0.25) is 0 Å². The van der Waals surface area contributed by atoms with E-state index in [2.05, 4.69) is 15.9 Å². The number of ether oxygens (including phenoxy) is 4. The van der Waals surface area contributed by atoms with Crippen molar-refractivity contribution >= 4 is 82.1 Å². The maximum Gasteiger partial charge on any atom is 0.306 e. The molecular weight excluding hydrogens is 691 g/mol. The zero-order valence-electron chi connectivity index (χ0n) is 25.3. The lowest BCUT2D eigenvalue weighted by atomic mass is 10.0. The first-order chi connectivity index (χ1) is 21.4. The summed E-state index contributed by atoms with van der Waals surface area (Å²) < 4.78 is 40.1. The van der Waals surface area contributed by atoms with E-state index in [-0.39, 0.29) is 71.1 Å². The molecule has 0 spiro atoms. The number of thiophene rings is 2. The van der Waals surface area contributed by atoms with Gasteiger partial charge in [-0.2, -0.15) is 0 Å². The van der Waals surface area contributed by atoms with Gasteiger partial charge in [-0.25, -0.2) is 4.39 Å². The summed E-state index contributed by atoms with van der Waals surface area (Å²) in [5, 5.41) is 10.1. The fourth-order valence-corrected chi connectivity index (χ4v) is 7.29. The van der Waals surface area contributed by atoms with Crippen LogP contribution in [-0.2, 0) is 9.59 Å². The van der Waals surface area contributed by atoms with E-state index in [1.807, 2.05) is 0 Å². The third-order valence-electron chi connectivity index (χ3n) is 7.23. The monoisotopic (exact) mass is 722 g/mol. The highest BCUT2D eigenvalue weighted by Gasteiger charge is 2.24. The average Bonchev–Trinajstić information content (AvgIpc) is 3.63. The Morgan fingerprint density at radius 3 is 1.84 bits per heavy atom. The van der Waals surface area contributed by atoms with Crippen molar-refractivity contribution in [1.29, 1.82) is 0 Å². The van der Waals surface area contributed by atoms with Crippen LogP contribution in [0.25, 0.3) is 20.2 Å². The SMILES string of the molecule is COc1cc2sc(C(=O)C[C@H](C)C(=O)O)cc2c(F)c1OCCCOc1c(OC)cc2sc(C(=O)C[C@H](C)C(C)=O)cc2c1Br. The molecule has 0 aliphatic carbocycles. The highest BCUT2D eigenvalue weighted by Crippen LogP contribution is 2.45. The van der Waals surface area contributed by atoms with E-state index in [1.54, 1.807) is 25.1 Å². The molecule has 2 atom stereocenters. The van der Waals surface area contributed by atoms with Gasteiger partial charge >= 0.3 is 5.97 Å². The van der Waals surface area contributed by atoms with Gasteiger partial charge in [-0.3, -0.25) is 19.2 Å². The van der Waals surface area contributed by atoms with Crippen LogP contribution in [0.3, 0.4) is 0 Å². The van der Waals surface area contributed by atoms with E-state index in [1.165, 1.54) is 45.5 Å². The largest absolute Gasteiger partial charge is 0.493 e. The lowest BCUT2D eigenvalue weighted by Crippen LogP contribution is -2.13. The summed E-state index contributed by atoms with van der Waals surface area (Å²) in [5.41, 5.74) is 0. The predicted molar refractivity (Wildman–Crippen MR) is 175 cm³/mol. The van der Waals surface area contributed by atoms with Crippen molar-refractivity contribution in [3.8, 4) is 23.0 Å². The van der Waals surface area contributed by atoms with E-state index in [0.717, 1.165) is 21.4 Å². The van der Waals surface area contributed by atoms with Crippen LogP contribution in [0.4, 0.5) is 4.39 Å². The van der Waals surface area contributed by atoms with Gasteiger partial charge in [-0.05, 0) is 35.0 Å². The fraction of sp³-hybridized carbons (Fsp3) is 0.375. The highest BCUT2D eigenvalue weighted by molar-refractivity contribution is 9.10. The van der Waals surface area contributed by atoms with Crippen LogP contribution in [0.5, 0.6) is 23.0 Å². The second-order valence-corrected chi connectivity index (χ2v) is 13.5. The number of carboxylic acid groups (broad SMARTS) is 1. The first-order valence-corrected chi connectivity index (χ1v) is 16.4. The van der Waals surface area contributed by atoms with Crippen LogP contribution in [0.2, 0.25) is 0 Å². The molecule has 0 saturated carbocycles. The third-order valence-corrected chi connectivity index (χ3v) is 10.3. The minimum Gasteiger partial charge on any atom is -0.493 e. The van der Waals surface area contributed by atoms with Gasteiger partial charge in [0.25, 0.3) is 0 Å². The second-order valence-electron chi connectivity index (χ2n) is 10.5. The number of rotatable bonds is 16. The molecule has 13 heteroatoms. The number of aliphatic carboxylic acids is 1. The smallest absolute Gasteiger partial charge is 0.306 e. The molecule has 2 aromatic carbocycles. The topological polar surface area (TPSA) is 125 Å². The molecule has 4 rings (SSSR count). The molecule has 0 saturated heterocycles. The fourth-order valence-electron chi connectivity index (χ4n) is 4.44. The number of carbonyl (C=O) groups excluding carboxylic acids is 3. The molecule has 0 aliphatic rings. The van der Waals surface area contributed by atoms with Crippen LogP contribution in [0.15, 0.2) is 28.7 Å². The summed E-state index contributed by atoms with van der Waals surface area (Å²) in [6, 6.07) is 6.56. The summed E-state index contributed by atoms with van der Waals surface area (Å²) in [4.78, 5) is 48.9. The summed E-state index contributed by atoms with van der Waals surface area (Å²) in [6.45, 7) is 4.93. The molecule has 240 valence electrons. The minimum absolute atomic E-state index is 0.0366. The Labute approximate surface area is 275 Å². The minimum atomic E-state index is -1.08. The van der Waals surface area contributed by atoms with Crippen molar-refractivity contribution in [2.24, 2.45) is 11.8 Å². The maximum absolute atomic E-state index is 15.5. The van der Waals surface area contributed by atoms with Crippen molar-refractivity contribution in [3.05, 3.63) is 44.3 Å². The number of carboxylic acids is 1. The molecular formula is C32H32BrFO9S2. The van der Waals surface area contributed by atoms with E-state index >= 15 is 4.39 Å². The van der Waals surface area contributed by atoms with Gasteiger partial charge in [-0.15, -0.1) is 22.7 Å². The Morgan fingerprint density at radius 2 is 1.31 bits per heavy atom. The Kier molecular flexibility index (Phi) is 11.2. The van der Waals surface area contributed by atoms with E-state index in [0.29, 0.717) is 32.0 Å². The second kappa shape index (κ2) is 14.7. The average molecular weight is 724 g/mol. The van der Waals surface area contributed by atoms with Crippen LogP contribution in [0.1, 0.15) is 59.4 Å². The molecule has 0 bridgehead atoms. The quantitative estimate of drug-likeness (QED) is 0.0905. The highest BCUT2D eigenvalue weighted by atomic mass is 79.9. The lowest BCUT2D eigenvalue weighted by Gasteiger charge is -2.15. The first kappa shape index (κ1) is 34.3. The van der Waals surface area contributed by atoms with Gasteiger partial charge in [0.05, 0.1) is 47.6 Å². The van der Waals surface area contributed by atoms with Crippen LogP contribution in [-0.4, -0.2) is 55.9 Å². The summed E-state index contributed by atoms with van der Waals surface area (Å²) in [7, 11) is 2.90. The number of benzene rings is 2. The van der Waals surface area contributed by atoms with Crippen LogP contribution >= 0.6 is 38.6 Å². The van der Waals surface area contributed by atoms with E-state index < -0.39 is 17.7 Å². The number of halogens is 2. The molecule has 0 amide bonds. The van der Waals surface area contributed by atoms with Crippen molar-refractivity contribution in [3.63, 3.8) is 0 Å². The summed E-state index contributed by atoms with van der Waals surface area (Å²) >= 11 is 5.97. The Balaban J connectivity index is 1.44. The van der Waals surface area contributed by atoms with E-state index in [9.17, 15) is 19.2 Å². The van der Waals surface area contributed by atoms with Crippen LogP contribution in [0, 0.1) is 17.7 Å². The molecule has 0 unspecified atom stereocenters. The van der Waals surface area contributed by atoms with Gasteiger partial charge in [0, 0.05) is 57.5 Å². The van der Waals surface area contributed by atoms with Crippen molar-refractivity contribution in [2.45, 2.75) is 40.0 Å². The number of Topliss-reactive ketones (excluding diaryl/α,β-unsaturated/α-hetero) is 3. The molecule has 0 radical (unpaired) electrons. The molecule has 1 N–H and O–H groups in total. The van der Waals surface area contributed by atoms with Gasteiger partial charge < -0.3 is 24.1 Å². The van der Waals surface area contributed by atoms with Gasteiger partial charge in [0.15, 0.2) is 40.4 Å². The molecule has 2 heterocycles. The molecule has 2 aromatic heterocycles. The summed E-state index contributed by atoms with van der Waals surface area (Å²) in [6.07, 6.45) is 0.311. The number of methoxy groups -OCH3 is 2. The Hall–Kier alpha value is -3.55. The zero-order chi connectivity index (χ0) is 33.0. The number of carbonyl (C=O) groups is 4. The molecule has 0 fully saturated rings. The molecule has 9 nitrogen and oxygen atoms in total. The maximum atomic E-state index is 15.5. The van der Waals surface area contributed by atoms with E-state index in [4.69, 9.17) is 24.1 Å². The van der Waals surface area contributed by atoms with Gasteiger partial charge in [-0.1, -0.05) is 13.8 Å². The number of hydrogen-bond acceptors (Lipinski definition) is 10. The standard InChI is InChI=1S/C32H32BrFO9S2/c1-15(17(3)35)9-20(36)26-11-18-24(44-26)13-22(40-4)30(28(18)33)42-7-6-8-43-31-23(41-5)14-25-19(29(31)34)12-27(45-25)21(37)10-16(2)32(38)39/h11-16H,6-10H2,1-5H3,(H,38,39)/t15-,16-/m0/s1. The normalized spacial score (nSPS) is 12.6. The lowest BCUT2D eigenvalue weighted by molar-refractivity contribution is -0.141. The molecule has 45 heavy (non-hydrogen) atoms. The Bertz CT molecular complexity index is 1650. The zero-order valence-corrected chi connectivity index (χ0v) is 28.5. The van der Waals surface area contributed by atoms with Gasteiger partial charge in [0.1, 0.15) is 5.78 Å². The molecule has 4 aromatic rings. The molecule has 0 aliphatic heterocycles. The van der Waals surface area contributed by atoms with Crippen molar-refractivity contribution in [2.75, 3.05) is 27.4 Å². The third kappa shape index (κ3) is 7.64. The van der Waals surface area contributed by atoms with Crippen LogP contribution < -0.4 is 18.9 Å². The Morgan fingerprint density at radius 1 is 0.822 bits per heavy atom. The van der Waals surface area contributed by atoms with Crippen molar-refractivity contribution < 1.29 is 47.6 Å².